The molecule has 2 saturated heterocycles. The SMILES string of the molecule is O=C(O)[C@@H]1CC2(CC[C@@H]1N1CCCC1=O)OCCO2. The van der Waals surface area contributed by atoms with Crippen LogP contribution in [-0.4, -0.2) is 53.5 Å². The van der Waals surface area contributed by atoms with Gasteiger partial charge in [0.05, 0.1) is 19.1 Å². The molecule has 0 unspecified atom stereocenters. The van der Waals surface area contributed by atoms with Crippen LogP contribution in [0.3, 0.4) is 0 Å². The number of carboxylic acid groups (broad SMARTS) is 1. The first-order valence-corrected chi connectivity index (χ1v) is 6.91. The van der Waals surface area contributed by atoms with Crippen molar-refractivity contribution in [3.05, 3.63) is 0 Å². The third kappa shape index (κ3) is 2.23. The summed E-state index contributed by atoms with van der Waals surface area (Å²) in [5.41, 5.74) is 0. The molecule has 2 heterocycles. The quantitative estimate of drug-likeness (QED) is 0.794. The maximum absolute atomic E-state index is 11.8. The molecule has 3 aliphatic rings. The monoisotopic (exact) mass is 269 g/mol. The molecule has 0 aromatic heterocycles. The highest BCUT2D eigenvalue weighted by molar-refractivity contribution is 5.80. The van der Waals surface area contributed by atoms with Crippen LogP contribution in [0.2, 0.25) is 0 Å². The average molecular weight is 269 g/mol. The fourth-order valence-corrected chi connectivity index (χ4v) is 3.55. The van der Waals surface area contributed by atoms with E-state index in [0.29, 0.717) is 45.4 Å². The van der Waals surface area contributed by atoms with E-state index in [1.807, 2.05) is 0 Å². The predicted octanol–water partition coefficient (Wildman–Crippen LogP) is 0.605. The molecule has 0 radical (unpaired) electrons. The van der Waals surface area contributed by atoms with Crippen molar-refractivity contribution in [2.75, 3.05) is 19.8 Å². The molecule has 0 aromatic carbocycles. The van der Waals surface area contributed by atoms with Crippen LogP contribution in [0.25, 0.3) is 0 Å². The van der Waals surface area contributed by atoms with E-state index >= 15 is 0 Å². The van der Waals surface area contributed by atoms with Crippen LogP contribution in [0.15, 0.2) is 0 Å². The van der Waals surface area contributed by atoms with Crippen molar-refractivity contribution >= 4 is 11.9 Å². The van der Waals surface area contributed by atoms with Gasteiger partial charge in [-0.15, -0.1) is 0 Å². The number of likely N-dealkylation sites (tertiary alicyclic amines) is 1. The molecule has 3 rings (SSSR count). The zero-order chi connectivity index (χ0) is 13.5. The molecule has 2 aliphatic heterocycles. The van der Waals surface area contributed by atoms with Gasteiger partial charge in [-0.1, -0.05) is 0 Å². The number of ether oxygens (including phenoxy) is 2. The first kappa shape index (κ1) is 12.9. The van der Waals surface area contributed by atoms with E-state index in [1.54, 1.807) is 4.90 Å². The molecule has 19 heavy (non-hydrogen) atoms. The summed E-state index contributed by atoms with van der Waals surface area (Å²) in [6, 6.07) is -0.203. The first-order valence-electron chi connectivity index (χ1n) is 6.91. The van der Waals surface area contributed by atoms with Gasteiger partial charge in [0, 0.05) is 31.8 Å². The van der Waals surface area contributed by atoms with E-state index in [9.17, 15) is 14.7 Å². The molecular weight excluding hydrogens is 250 g/mol. The summed E-state index contributed by atoms with van der Waals surface area (Å²) in [5, 5.41) is 9.45. The topological polar surface area (TPSA) is 76.1 Å². The summed E-state index contributed by atoms with van der Waals surface area (Å²) in [4.78, 5) is 25.1. The molecule has 1 N–H and O–H groups in total. The van der Waals surface area contributed by atoms with Crippen molar-refractivity contribution in [1.82, 2.24) is 4.90 Å². The molecule has 2 atom stereocenters. The summed E-state index contributed by atoms with van der Waals surface area (Å²) >= 11 is 0. The van der Waals surface area contributed by atoms with Crippen molar-refractivity contribution in [3.8, 4) is 0 Å². The van der Waals surface area contributed by atoms with Gasteiger partial charge in [-0.3, -0.25) is 9.59 Å². The smallest absolute Gasteiger partial charge is 0.308 e. The van der Waals surface area contributed by atoms with E-state index in [0.717, 1.165) is 6.42 Å². The Labute approximate surface area is 111 Å². The lowest BCUT2D eigenvalue weighted by molar-refractivity contribution is -0.202. The molecule has 1 amide bonds. The predicted molar refractivity (Wildman–Crippen MR) is 64.3 cm³/mol. The molecule has 1 spiro atoms. The zero-order valence-electron chi connectivity index (χ0n) is 10.8. The number of amides is 1. The third-order valence-electron chi connectivity index (χ3n) is 4.46. The number of rotatable bonds is 2. The Kier molecular flexibility index (Phi) is 3.22. The second kappa shape index (κ2) is 4.76. The molecule has 0 aromatic rings. The second-order valence-corrected chi connectivity index (χ2v) is 5.55. The number of nitrogens with zero attached hydrogens (tertiary/aromatic N) is 1. The van der Waals surface area contributed by atoms with Crippen LogP contribution in [0.5, 0.6) is 0 Å². The highest BCUT2D eigenvalue weighted by Gasteiger charge is 2.50. The van der Waals surface area contributed by atoms with Gasteiger partial charge in [0.15, 0.2) is 5.79 Å². The summed E-state index contributed by atoms with van der Waals surface area (Å²) in [6.07, 6.45) is 3.03. The van der Waals surface area contributed by atoms with Crippen LogP contribution in [0.4, 0.5) is 0 Å². The van der Waals surface area contributed by atoms with Crippen LogP contribution in [0, 0.1) is 5.92 Å². The largest absolute Gasteiger partial charge is 0.481 e. The van der Waals surface area contributed by atoms with Crippen LogP contribution in [0.1, 0.15) is 32.1 Å². The second-order valence-electron chi connectivity index (χ2n) is 5.55. The highest BCUT2D eigenvalue weighted by Crippen LogP contribution is 2.41. The Morgan fingerprint density at radius 1 is 1.37 bits per heavy atom. The number of carbonyl (C=O) groups is 2. The van der Waals surface area contributed by atoms with Gasteiger partial charge in [-0.2, -0.15) is 0 Å². The standard InChI is InChI=1S/C13H19NO5/c15-11-2-1-5-14(11)10-3-4-13(18-6-7-19-13)8-9(10)12(16)17/h9-10H,1-8H2,(H,16,17)/t9-,10+/m1/s1. The van der Waals surface area contributed by atoms with Gasteiger partial charge in [-0.25, -0.2) is 0 Å². The maximum Gasteiger partial charge on any atom is 0.308 e. The van der Waals surface area contributed by atoms with Crippen LogP contribution in [-0.2, 0) is 19.1 Å². The Bertz CT molecular complexity index is 390. The Morgan fingerprint density at radius 2 is 2.11 bits per heavy atom. The van der Waals surface area contributed by atoms with Crippen molar-refractivity contribution in [2.24, 2.45) is 5.92 Å². The van der Waals surface area contributed by atoms with E-state index in [2.05, 4.69) is 0 Å². The molecule has 1 saturated carbocycles. The summed E-state index contributed by atoms with van der Waals surface area (Å²) in [7, 11) is 0. The molecule has 6 heteroatoms. The maximum atomic E-state index is 11.8. The minimum absolute atomic E-state index is 0.0838. The van der Waals surface area contributed by atoms with Crippen molar-refractivity contribution in [2.45, 2.75) is 43.9 Å². The van der Waals surface area contributed by atoms with Gasteiger partial charge < -0.3 is 19.5 Å². The lowest BCUT2D eigenvalue weighted by Gasteiger charge is -2.42. The minimum Gasteiger partial charge on any atom is -0.481 e. The van der Waals surface area contributed by atoms with Gasteiger partial charge in [0.25, 0.3) is 0 Å². The zero-order valence-corrected chi connectivity index (χ0v) is 10.8. The molecule has 106 valence electrons. The van der Waals surface area contributed by atoms with Gasteiger partial charge in [0.1, 0.15) is 0 Å². The van der Waals surface area contributed by atoms with Gasteiger partial charge >= 0.3 is 5.97 Å². The third-order valence-corrected chi connectivity index (χ3v) is 4.46. The molecule has 0 bridgehead atoms. The molecule has 3 fully saturated rings. The molecule has 1 aliphatic carbocycles. The Hall–Kier alpha value is -1.14. The van der Waals surface area contributed by atoms with E-state index < -0.39 is 17.7 Å². The van der Waals surface area contributed by atoms with Gasteiger partial charge in [-0.05, 0) is 12.8 Å². The lowest BCUT2D eigenvalue weighted by atomic mass is 9.80. The molecule has 6 nitrogen and oxygen atoms in total. The lowest BCUT2D eigenvalue weighted by Crippen LogP contribution is -2.52. The molecular formula is C13H19NO5. The Morgan fingerprint density at radius 3 is 2.68 bits per heavy atom. The average Bonchev–Trinajstić information content (AvgIpc) is 3.00. The number of carbonyl (C=O) groups excluding carboxylic acids is 1. The first-order chi connectivity index (χ1) is 9.11. The number of aliphatic carboxylic acids is 1. The summed E-state index contributed by atoms with van der Waals surface area (Å²) in [5.74, 6) is -2.08. The van der Waals surface area contributed by atoms with Crippen LogP contribution >= 0.6 is 0 Å². The summed E-state index contributed by atoms with van der Waals surface area (Å²) < 4.78 is 11.2. The van der Waals surface area contributed by atoms with Crippen molar-refractivity contribution in [3.63, 3.8) is 0 Å². The Balaban J connectivity index is 1.78. The van der Waals surface area contributed by atoms with E-state index in [1.165, 1.54) is 0 Å². The fourth-order valence-electron chi connectivity index (χ4n) is 3.55. The summed E-state index contributed by atoms with van der Waals surface area (Å²) in [6.45, 7) is 1.74. The van der Waals surface area contributed by atoms with E-state index in [-0.39, 0.29) is 11.9 Å². The van der Waals surface area contributed by atoms with Gasteiger partial charge in [0.2, 0.25) is 5.91 Å². The number of hydrogen-bond donors (Lipinski definition) is 1. The van der Waals surface area contributed by atoms with Crippen LogP contribution < -0.4 is 0 Å². The van der Waals surface area contributed by atoms with Crippen molar-refractivity contribution < 1.29 is 24.2 Å². The highest BCUT2D eigenvalue weighted by atomic mass is 16.7. The normalized spacial score (nSPS) is 34.1. The minimum atomic E-state index is -0.858. The number of carboxylic acids is 1. The van der Waals surface area contributed by atoms with E-state index in [4.69, 9.17) is 9.47 Å². The fraction of sp³-hybridized carbons (Fsp3) is 0.846. The van der Waals surface area contributed by atoms with Crippen molar-refractivity contribution in [1.29, 1.82) is 0 Å². The number of hydrogen-bond acceptors (Lipinski definition) is 4.